The lowest BCUT2D eigenvalue weighted by atomic mass is 10.2. The van der Waals surface area contributed by atoms with Gasteiger partial charge in [0.1, 0.15) is 6.61 Å². The van der Waals surface area contributed by atoms with Crippen molar-refractivity contribution >= 4 is 23.3 Å². The van der Waals surface area contributed by atoms with Gasteiger partial charge in [-0.05, 0) is 17.8 Å². The lowest BCUT2D eigenvalue weighted by molar-refractivity contribution is -0.144. The molecular weight excluding hydrogens is 222 g/mol. The van der Waals surface area contributed by atoms with Crippen molar-refractivity contribution in [3.63, 3.8) is 0 Å². The largest absolute Gasteiger partial charge is 0.461 e. The van der Waals surface area contributed by atoms with Gasteiger partial charge >= 0.3 is 5.97 Å². The molecule has 4 heteroatoms. The van der Waals surface area contributed by atoms with Crippen LogP contribution in [0.25, 0.3) is 0 Å². The van der Waals surface area contributed by atoms with Crippen LogP contribution in [0.2, 0.25) is 0 Å². The normalized spacial score (nSPS) is 9.00. The first-order chi connectivity index (χ1) is 7.72. The number of carbonyl (C=O) groups excluding carboxylic acids is 1. The molecule has 1 aromatic carbocycles. The Labute approximate surface area is 99.5 Å². The average molecular weight is 233 g/mol. The lowest BCUT2D eigenvalue weighted by Gasteiger charge is -2.03. The van der Waals surface area contributed by atoms with E-state index in [4.69, 9.17) is 4.74 Å². The van der Waals surface area contributed by atoms with Gasteiger partial charge in [0.15, 0.2) is 0 Å². The van der Waals surface area contributed by atoms with Gasteiger partial charge in [-0.15, -0.1) is 0 Å². The summed E-state index contributed by atoms with van der Waals surface area (Å²) in [4.78, 5) is 14.9. The maximum atomic E-state index is 11.3. The van der Waals surface area contributed by atoms with Gasteiger partial charge in [-0.25, -0.2) is 0 Å². The Morgan fingerprint density at radius 3 is 2.75 bits per heavy atom. The van der Waals surface area contributed by atoms with Crippen LogP contribution in [0.15, 0.2) is 47.6 Å². The van der Waals surface area contributed by atoms with Crippen molar-refractivity contribution in [3.05, 3.63) is 48.2 Å². The molecule has 0 amide bonds. The van der Waals surface area contributed by atoms with Gasteiger partial charge in [-0.3, -0.25) is 4.79 Å². The first-order valence-electron chi connectivity index (χ1n) is 4.67. The number of benzene rings is 1. The summed E-state index contributed by atoms with van der Waals surface area (Å²) in [5.74, 6) is -0.372. The monoisotopic (exact) mass is 233 g/mol. The molecular formula is C12H11NO2S. The van der Waals surface area contributed by atoms with E-state index in [0.29, 0.717) is 5.70 Å². The zero-order valence-corrected chi connectivity index (χ0v) is 9.50. The van der Waals surface area contributed by atoms with Crippen LogP contribution in [0, 0.1) is 0 Å². The van der Waals surface area contributed by atoms with E-state index in [1.165, 1.54) is 0 Å². The zero-order chi connectivity index (χ0) is 11.8. The highest BCUT2D eigenvalue weighted by Crippen LogP contribution is 2.05. The third kappa shape index (κ3) is 4.64. The van der Waals surface area contributed by atoms with Gasteiger partial charge in [0.2, 0.25) is 0 Å². The van der Waals surface area contributed by atoms with E-state index >= 15 is 0 Å². The van der Waals surface area contributed by atoms with Crippen LogP contribution in [0.5, 0.6) is 0 Å². The summed E-state index contributed by atoms with van der Waals surface area (Å²) in [5, 5.41) is 2.15. The highest BCUT2D eigenvalue weighted by Gasteiger charge is 2.04. The van der Waals surface area contributed by atoms with Gasteiger partial charge in [0.25, 0.3) is 0 Å². The third-order valence-corrected chi connectivity index (χ3v) is 1.89. The minimum absolute atomic E-state index is 0.0382. The Hall–Kier alpha value is -1.77. The van der Waals surface area contributed by atoms with Gasteiger partial charge < -0.3 is 4.74 Å². The summed E-state index contributed by atoms with van der Waals surface area (Å²) in [6, 6.07) is 9.45. The number of esters is 1. The Morgan fingerprint density at radius 1 is 1.44 bits per heavy atom. The Bertz CT molecular complexity index is 422. The fourth-order valence-corrected chi connectivity index (χ4v) is 1.19. The van der Waals surface area contributed by atoms with E-state index in [-0.39, 0.29) is 19.0 Å². The van der Waals surface area contributed by atoms with Crippen molar-refractivity contribution in [2.75, 3.05) is 0 Å². The van der Waals surface area contributed by atoms with Crippen molar-refractivity contribution in [2.24, 2.45) is 4.99 Å². The second-order valence-corrected chi connectivity index (χ2v) is 3.27. The highest BCUT2D eigenvalue weighted by molar-refractivity contribution is 7.78. The highest BCUT2D eigenvalue weighted by atomic mass is 32.1. The minimum atomic E-state index is -0.372. The fraction of sp³-hybridized carbons (Fsp3) is 0.167. The molecule has 0 radical (unpaired) electrons. The van der Waals surface area contributed by atoms with Crippen LogP contribution in [0.1, 0.15) is 12.0 Å². The SMILES string of the molecule is C=C(CC(=O)OCc1ccccc1)N=C=S. The minimum Gasteiger partial charge on any atom is -0.461 e. The number of thiocarbonyl (C=S) groups is 1. The molecule has 3 nitrogen and oxygen atoms in total. The Morgan fingerprint density at radius 2 is 2.12 bits per heavy atom. The number of aliphatic imine (C=N–C) groups is 1. The first kappa shape index (κ1) is 12.3. The molecule has 0 atom stereocenters. The smallest absolute Gasteiger partial charge is 0.312 e. The Kier molecular flexibility index (Phi) is 5.12. The molecule has 0 unspecified atom stereocenters. The zero-order valence-electron chi connectivity index (χ0n) is 8.68. The number of hydrogen-bond donors (Lipinski definition) is 0. The molecule has 82 valence electrons. The van der Waals surface area contributed by atoms with Crippen molar-refractivity contribution in [1.82, 2.24) is 0 Å². The van der Waals surface area contributed by atoms with E-state index in [9.17, 15) is 4.79 Å². The number of nitrogens with zero attached hydrogens (tertiary/aromatic N) is 1. The summed E-state index contributed by atoms with van der Waals surface area (Å²) in [6.45, 7) is 3.80. The summed E-state index contributed by atoms with van der Waals surface area (Å²) in [5.41, 5.74) is 1.30. The molecule has 16 heavy (non-hydrogen) atoms. The van der Waals surface area contributed by atoms with Crippen LogP contribution in [-0.4, -0.2) is 11.1 Å². The molecule has 0 N–H and O–H groups in total. The van der Waals surface area contributed by atoms with E-state index < -0.39 is 0 Å². The van der Waals surface area contributed by atoms with Gasteiger partial charge in [-0.2, -0.15) is 4.99 Å². The number of ether oxygens (including phenoxy) is 1. The molecule has 0 fully saturated rings. The van der Waals surface area contributed by atoms with Crippen molar-refractivity contribution in [1.29, 1.82) is 0 Å². The van der Waals surface area contributed by atoms with Crippen LogP contribution < -0.4 is 0 Å². The molecule has 0 aromatic heterocycles. The van der Waals surface area contributed by atoms with Crippen LogP contribution in [0.4, 0.5) is 0 Å². The number of isothiocyanates is 1. The third-order valence-electron chi connectivity index (χ3n) is 1.79. The first-order valence-corrected chi connectivity index (χ1v) is 5.08. The maximum Gasteiger partial charge on any atom is 0.312 e. The van der Waals surface area contributed by atoms with Crippen molar-refractivity contribution < 1.29 is 9.53 Å². The molecule has 0 saturated heterocycles. The van der Waals surface area contributed by atoms with Crippen molar-refractivity contribution in [2.45, 2.75) is 13.0 Å². The van der Waals surface area contributed by atoms with Gasteiger partial charge in [0, 0.05) is 0 Å². The second-order valence-electron chi connectivity index (χ2n) is 3.09. The molecule has 0 aliphatic rings. The molecule has 1 aromatic rings. The summed E-state index contributed by atoms with van der Waals surface area (Å²) in [6.07, 6.45) is 0.0382. The molecule has 0 heterocycles. The number of hydrogen-bond acceptors (Lipinski definition) is 4. The molecule has 1 rings (SSSR count). The van der Waals surface area contributed by atoms with E-state index in [1.54, 1.807) is 0 Å². The van der Waals surface area contributed by atoms with Gasteiger partial charge in [-0.1, -0.05) is 36.9 Å². The quantitative estimate of drug-likeness (QED) is 0.446. The predicted octanol–water partition coefficient (Wildman–Crippen LogP) is 2.74. The average Bonchev–Trinajstić information content (AvgIpc) is 2.28. The molecule has 0 aliphatic heterocycles. The maximum absolute atomic E-state index is 11.3. The van der Waals surface area contributed by atoms with Crippen LogP contribution in [0.3, 0.4) is 0 Å². The molecule has 0 bridgehead atoms. The fourth-order valence-electron chi connectivity index (χ4n) is 1.06. The van der Waals surface area contributed by atoms with Crippen LogP contribution >= 0.6 is 12.2 Å². The topological polar surface area (TPSA) is 38.7 Å². The molecule has 0 aliphatic carbocycles. The van der Waals surface area contributed by atoms with E-state index in [1.807, 2.05) is 30.3 Å². The number of carbonyl (C=O) groups is 1. The van der Waals surface area contributed by atoms with E-state index in [0.717, 1.165) is 5.56 Å². The number of rotatable bonds is 5. The standard InChI is InChI=1S/C12H11NO2S/c1-10(13-9-16)7-12(14)15-8-11-5-3-2-4-6-11/h2-6H,1,7-8H2. The molecule has 0 spiro atoms. The van der Waals surface area contributed by atoms with Gasteiger partial charge in [0.05, 0.1) is 17.3 Å². The summed E-state index contributed by atoms with van der Waals surface area (Å²) < 4.78 is 5.02. The van der Waals surface area contributed by atoms with E-state index in [2.05, 4.69) is 29.0 Å². The summed E-state index contributed by atoms with van der Waals surface area (Å²) >= 11 is 4.39. The predicted molar refractivity (Wildman–Crippen MR) is 65.0 cm³/mol. The molecule has 0 saturated carbocycles. The summed E-state index contributed by atoms with van der Waals surface area (Å²) in [7, 11) is 0. The van der Waals surface area contributed by atoms with Crippen molar-refractivity contribution in [3.8, 4) is 0 Å². The lowest BCUT2D eigenvalue weighted by Crippen LogP contribution is -2.04. The second kappa shape index (κ2) is 6.67. The van der Waals surface area contributed by atoms with Crippen LogP contribution in [-0.2, 0) is 16.1 Å². The Balaban J connectivity index is 2.36.